The van der Waals surface area contributed by atoms with E-state index < -0.39 is 6.10 Å². The molecule has 1 fully saturated rings. The molecule has 0 aliphatic carbocycles. The van der Waals surface area contributed by atoms with Crippen LogP contribution in [-0.2, 0) is 0 Å². The average molecular weight is 536 g/mol. The number of anilines is 1. The summed E-state index contributed by atoms with van der Waals surface area (Å²) in [7, 11) is 0. The van der Waals surface area contributed by atoms with Crippen LogP contribution in [0.25, 0.3) is 22.2 Å². The topological polar surface area (TPSA) is 103 Å². The van der Waals surface area contributed by atoms with Gasteiger partial charge in [0.05, 0.1) is 26.7 Å². The highest BCUT2D eigenvalue weighted by atomic mass is 35.5. The predicted molar refractivity (Wildman–Crippen MR) is 146 cm³/mol. The number of aromatic amines is 1. The lowest BCUT2D eigenvalue weighted by Gasteiger charge is -2.50. The van der Waals surface area contributed by atoms with Gasteiger partial charge in [0.15, 0.2) is 0 Å². The number of nitrogens with one attached hydrogen (secondary N) is 2. The van der Waals surface area contributed by atoms with Gasteiger partial charge in [0.2, 0.25) is 0 Å². The number of nitrogens with zero attached hydrogens (tertiary/aromatic N) is 5. The highest BCUT2D eigenvalue weighted by Crippen LogP contribution is 2.36. The number of aromatic nitrogens is 4. The molecule has 1 aliphatic heterocycles. The first kappa shape index (κ1) is 25.3. The summed E-state index contributed by atoms with van der Waals surface area (Å²) in [4.78, 5) is 10.8. The fourth-order valence-electron chi connectivity index (χ4n) is 5.01. The van der Waals surface area contributed by atoms with Gasteiger partial charge in [0, 0.05) is 54.2 Å². The molecule has 0 radical (unpaired) electrons. The van der Waals surface area contributed by atoms with Crippen LogP contribution in [0.3, 0.4) is 0 Å². The number of pyridine rings is 2. The maximum absolute atomic E-state index is 9.89. The van der Waals surface area contributed by atoms with Crippen LogP contribution in [0.4, 0.5) is 5.82 Å². The number of nitriles is 1. The maximum Gasteiger partial charge on any atom is 0.146 e. The number of hydrogen-bond acceptors (Lipinski definition) is 7. The molecule has 0 bridgehead atoms. The van der Waals surface area contributed by atoms with Gasteiger partial charge in [-0.05, 0) is 38.1 Å². The van der Waals surface area contributed by atoms with Gasteiger partial charge < -0.3 is 15.0 Å². The minimum atomic E-state index is -0.394. The Balaban J connectivity index is 1.41. The first-order valence-electron chi connectivity index (χ1n) is 12.0. The second-order valence-electron chi connectivity index (χ2n) is 9.98. The molecule has 8 nitrogen and oxygen atoms in total. The quantitative estimate of drug-likeness (QED) is 0.303. The van der Waals surface area contributed by atoms with E-state index in [0.29, 0.717) is 44.5 Å². The lowest BCUT2D eigenvalue weighted by molar-refractivity contribution is 0.227. The van der Waals surface area contributed by atoms with Crippen molar-refractivity contribution in [3.05, 3.63) is 64.0 Å². The molecular weight excluding hydrogens is 509 g/mol. The molecule has 37 heavy (non-hydrogen) atoms. The van der Waals surface area contributed by atoms with E-state index in [9.17, 15) is 5.26 Å². The van der Waals surface area contributed by atoms with E-state index in [4.69, 9.17) is 27.9 Å². The van der Waals surface area contributed by atoms with E-state index in [-0.39, 0.29) is 5.54 Å². The van der Waals surface area contributed by atoms with Gasteiger partial charge in [-0.1, -0.05) is 37.0 Å². The third kappa shape index (κ3) is 4.95. The molecule has 5 rings (SSSR count). The predicted octanol–water partition coefficient (Wildman–Crippen LogP) is 5.92. The number of fused-ring (bicyclic) bond motifs is 1. The van der Waals surface area contributed by atoms with Crippen molar-refractivity contribution < 1.29 is 4.74 Å². The van der Waals surface area contributed by atoms with Gasteiger partial charge in [-0.3, -0.25) is 10.1 Å². The third-order valence-electron chi connectivity index (χ3n) is 6.42. The number of ether oxygens (including phenoxy) is 1. The first-order valence-corrected chi connectivity index (χ1v) is 12.8. The van der Waals surface area contributed by atoms with E-state index in [1.54, 1.807) is 18.6 Å². The minimum absolute atomic E-state index is 0.0118. The molecule has 0 unspecified atom stereocenters. The molecule has 4 aromatic rings. The lowest BCUT2D eigenvalue weighted by Crippen LogP contribution is -2.69. The van der Waals surface area contributed by atoms with Crippen molar-refractivity contribution >= 4 is 39.9 Å². The number of hydrogen-bond donors (Lipinski definition) is 2. The van der Waals surface area contributed by atoms with Crippen LogP contribution >= 0.6 is 23.2 Å². The van der Waals surface area contributed by atoms with E-state index in [1.807, 2.05) is 31.2 Å². The fraction of sp³-hybridized carbons (Fsp3) is 0.333. The highest BCUT2D eigenvalue weighted by molar-refractivity contribution is 6.35. The van der Waals surface area contributed by atoms with Crippen LogP contribution < -0.4 is 15.0 Å². The molecule has 2 N–H and O–H groups in total. The molecule has 0 saturated carbocycles. The Morgan fingerprint density at radius 3 is 2.54 bits per heavy atom. The normalized spacial score (nSPS) is 15.5. The van der Waals surface area contributed by atoms with Crippen LogP contribution in [0, 0.1) is 11.3 Å². The zero-order chi connectivity index (χ0) is 26.3. The van der Waals surface area contributed by atoms with Crippen LogP contribution in [0.2, 0.25) is 10.0 Å². The Bertz CT molecular complexity index is 1480. The molecule has 1 saturated heterocycles. The molecule has 3 aromatic heterocycles. The summed E-state index contributed by atoms with van der Waals surface area (Å²) < 4.78 is 6.18. The Labute approximate surface area is 225 Å². The van der Waals surface area contributed by atoms with Crippen LogP contribution in [-0.4, -0.2) is 44.8 Å². The van der Waals surface area contributed by atoms with E-state index >= 15 is 0 Å². The van der Waals surface area contributed by atoms with Gasteiger partial charge in [-0.2, -0.15) is 10.4 Å². The van der Waals surface area contributed by atoms with Gasteiger partial charge in [0.1, 0.15) is 29.4 Å². The Morgan fingerprint density at radius 2 is 1.86 bits per heavy atom. The minimum Gasteiger partial charge on any atom is -0.486 e. The van der Waals surface area contributed by atoms with Crippen molar-refractivity contribution in [2.24, 2.45) is 0 Å². The summed E-state index contributed by atoms with van der Waals surface area (Å²) >= 11 is 12.6. The molecule has 1 aromatic carbocycles. The summed E-state index contributed by atoms with van der Waals surface area (Å²) in [5, 5.41) is 22.8. The van der Waals surface area contributed by atoms with E-state index in [2.05, 4.69) is 57.2 Å². The van der Waals surface area contributed by atoms with Gasteiger partial charge in [-0.25, -0.2) is 4.98 Å². The van der Waals surface area contributed by atoms with Crippen molar-refractivity contribution in [3.63, 3.8) is 0 Å². The van der Waals surface area contributed by atoms with E-state index in [1.165, 1.54) is 0 Å². The maximum atomic E-state index is 9.89. The van der Waals surface area contributed by atoms with Crippen molar-refractivity contribution in [1.82, 2.24) is 25.5 Å². The molecule has 4 heterocycles. The van der Waals surface area contributed by atoms with Crippen molar-refractivity contribution in [2.45, 2.75) is 45.4 Å². The lowest BCUT2D eigenvalue weighted by atomic mass is 9.90. The van der Waals surface area contributed by atoms with E-state index in [0.717, 1.165) is 29.6 Å². The zero-order valence-corrected chi connectivity index (χ0v) is 22.5. The number of H-pyrrole nitrogens is 1. The number of rotatable bonds is 7. The van der Waals surface area contributed by atoms with Crippen LogP contribution in [0.15, 0.2) is 42.9 Å². The molecule has 0 amide bonds. The van der Waals surface area contributed by atoms with Gasteiger partial charge in [0.25, 0.3) is 0 Å². The zero-order valence-electron chi connectivity index (χ0n) is 21.0. The van der Waals surface area contributed by atoms with Crippen molar-refractivity contribution in [2.75, 3.05) is 18.0 Å². The monoisotopic (exact) mass is 535 g/mol. The first-order chi connectivity index (χ1) is 17.7. The Kier molecular flexibility index (Phi) is 6.71. The molecule has 1 atom stereocenters. The summed E-state index contributed by atoms with van der Waals surface area (Å²) in [6.07, 6.45) is 4.47. The van der Waals surface area contributed by atoms with Crippen LogP contribution in [0.1, 0.15) is 44.9 Å². The summed E-state index contributed by atoms with van der Waals surface area (Å²) in [6.45, 7) is 9.93. The second-order valence-corrected chi connectivity index (χ2v) is 10.8. The molecular formula is C27H27Cl2N7O. The van der Waals surface area contributed by atoms with Gasteiger partial charge in [-0.15, -0.1) is 0 Å². The third-order valence-corrected chi connectivity index (χ3v) is 7.02. The molecule has 190 valence electrons. The number of benzene rings is 1. The SMILES string of the molecule is CC(C)NC1(C)CN(c2ncc(-c3n[nH]c4ccc(O[C@H](C)c5c(Cl)cncc5Cl)cc34)cc2C#N)C1. The molecule has 1 aliphatic rings. The summed E-state index contributed by atoms with van der Waals surface area (Å²) in [5.74, 6) is 1.33. The largest absolute Gasteiger partial charge is 0.486 e. The molecule has 0 spiro atoms. The summed E-state index contributed by atoms with van der Waals surface area (Å²) in [6, 6.07) is 10.2. The van der Waals surface area contributed by atoms with Crippen molar-refractivity contribution in [1.29, 1.82) is 5.26 Å². The van der Waals surface area contributed by atoms with Crippen molar-refractivity contribution in [3.8, 4) is 23.1 Å². The highest BCUT2D eigenvalue weighted by Gasteiger charge is 2.40. The second kappa shape index (κ2) is 9.82. The number of halogens is 2. The van der Waals surface area contributed by atoms with Gasteiger partial charge >= 0.3 is 0 Å². The molecule has 10 heteroatoms. The summed E-state index contributed by atoms with van der Waals surface area (Å²) in [5.41, 5.74) is 3.49. The Hall–Kier alpha value is -3.38. The smallest absolute Gasteiger partial charge is 0.146 e. The average Bonchev–Trinajstić information content (AvgIpc) is 3.25. The Morgan fingerprint density at radius 1 is 1.14 bits per heavy atom. The standard InChI is InChI=1S/C27H27Cl2N7O/c1-15(2)33-27(4)13-36(14-27)26-17(9-30)7-18(10-32-26)25-20-8-19(5-6-23(20)34-35-25)37-16(3)24-21(28)11-31-12-22(24)29/h5-8,10-12,15-16,33H,13-14H2,1-4H3,(H,34,35)/t16-/m1/s1. The van der Waals surface area contributed by atoms with Crippen LogP contribution in [0.5, 0.6) is 5.75 Å². The fourth-order valence-corrected chi connectivity index (χ4v) is 5.69.